The maximum Gasteiger partial charge on any atom is 0.269 e. The zero-order chi connectivity index (χ0) is 19.6. The summed E-state index contributed by atoms with van der Waals surface area (Å²) in [4.78, 5) is 22.3. The fourth-order valence-electron chi connectivity index (χ4n) is 2.04. The average Bonchev–Trinajstić information content (AvgIpc) is 2.67. The first-order valence-corrected chi connectivity index (χ1v) is 8.75. The van der Waals surface area contributed by atoms with Crippen molar-refractivity contribution < 1.29 is 14.5 Å². The van der Waals surface area contributed by atoms with Crippen LogP contribution < -0.4 is 20.9 Å². The molecule has 142 valence electrons. The molecule has 0 saturated heterocycles. The monoisotopic (exact) mass is 388 g/mol. The molecule has 0 bridgehead atoms. The Balaban J connectivity index is 1.80. The number of benzene rings is 2. The molecule has 2 aromatic rings. The molecule has 0 aliphatic rings. The molecule has 0 radical (unpaired) electrons. The summed E-state index contributed by atoms with van der Waals surface area (Å²) >= 11 is 5.05. The molecule has 1 amide bonds. The molecule has 0 atom stereocenters. The summed E-state index contributed by atoms with van der Waals surface area (Å²) < 4.78 is 5.55. The van der Waals surface area contributed by atoms with Gasteiger partial charge in [0.25, 0.3) is 11.6 Å². The van der Waals surface area contributed by atoms with Gasteiger partial charge in [0, 0.05) is 17.7 Å². The summed E-state index contributed by atoms with van der Waals surface area (Å²) in [6.07, 6.45) is 2.03. The van der Waals surface area contributed by atoms with E-state index in [1.165, 1.54) is 24.3 Å². The van der Waals surface area contributed by atoms with Crippen LogP contribution in [0, 0.1) is 10.1 Å². The molecular weight excluding hydrogens is 368 g/mol. The van der Waals surface area contributed by atoms with Crippen molar-refractivity contribution in [1.82, 2.24) is 10.7 Å². The lowest BCUT2D eigenvalue weighted by molar-refractivity contribution is -0.384. The average molecular weight is 388 g/mol. The van der Waals surface area contributed by atoms with Gasteiger partial charge in [-0.05, 0) is 55.0 Å². The molecule has 0 unspecified atom stereocenters. The standard InChI is InChI=1S/C18H20N4O4S/c1-2-3-12-26-16-10-4-13(5-11-16)17(23)19-18(27)21-20-14-6-8-15(9-7-14)22(24)25/h4-11,20H,2-3,12H2,1H3,(H2,19,21,23,27). The highest BCUT2D eigenvalue weighted by atomic mass is 32.1. The molecule has 0 spiro atoms. The minimum absolute atomic E-state index is 0.0152. The number of nitrogens with zero attached hydrogens (tertiary/aromatic N) is 1. The van der Waals surface area contributed by atoms with Gasteiger partial charge in [0.1, 0.15) is 5.75 Å². The van der Waals surface area contributed by atoms with E-state index in [1.807, 2.05) is 0 Å². The number of rotatable bonds is 8. The fourth-order valence-corrected chi connectivity index (χ4v) is 2.18. The van der Waals surface area contributed by atoms with Crippen LogP contribution in [0.4, 0.5) is 11.4 Å². The normalized spacial score (nSPS) is 9.96. The Morgan fingerprint density at radius 3 is 2.41 bits per heavy atom. The van der Waals surface area contributed by atoms with Gasteiger partial charge in [0.2, 0.25) is 0 Å². The third-order valence-corrected chi connectivity index (χ3v) is 3.71. The Labute approximate surface area is 162 Å². The molecule has 0 saturated carbocycles. The van der Waals surface area contributed by atoms with E-state index in [0.717, 1.165) is 12.8 Å². The molecule has 9 heteroatoms. The summed E-state index contributed by atoms with van der Waals surface area (Å²) in [5.41, 5.74) is 6.39. The molecule has 0 aromatic heterocycles. The maximum absolute atomic E-state index is 12.2. The molecule has 0 fully saturated rings. The van der Waals surface area contributed by atoms with E-state index < -0.39 is 4.92 Å². The van der Waals surface area contributed by atoms with Gasteiger partial charge in [-0.3, -0.25) is 31.1 Å². The van der Waals surface area contributed by atoms with Crippen molar-refractivity contribution in [2.24, 2.45) is 0 Å². The Morgan fingerprint density at radius 1 is 1.15 bits per heavy atom. The van der Waals surface area contributed by atoms with Crippen molar-refractivity contribution >= 4 is 34.6 Å². The van der Waals surface area contributed by atoms with Gasteiger partial charge in [-0.1, -0.05) is 13.3 Å². The second-order valence-corrected chi connectivity index (χ2v) is 5.97. The molecule has 8 nitrogen and oxygen atoms in total. The number of hydrogen-bond acceptors (Lipinski definition) is 6. The number of thiocarbonyl (C=S) groups is 1. The minimum atomic E-state index is -0.484. The molecule has 27 heavy (non-hydrogen) atoms. The predicted octanol–water partition coefficient (Wildman–Crippen LogP) is 3.41. The number of hydrazine groups is 1. The third-order valence-electron chi connectivity index (χ3n) is 3.51. The summed E-state index contributed by atoms with van der Waals surface area (Å²) in [6.45, 7) is 2.73. The van der Waals surface area contributed by atoms with Crippen molar-refractivity contribution in [3.05, 3.63) is 64.2 Å². The van der Waals surface area contributed by atoms with Gasteiger partial charge < -0.3 is 4.74 Å². The lowest BCUT2D eigenvalue weighted by atomic mass is 10.2. The van der Waals surface area contributed by atoms with Crippen LogP contribution in [0.25, 0.3) is 0 Å². The fraction of sp³-hybridized carbons (Fsp3) is 0.222. The molecule has 0 aliphatic carbocycles. The van der Waals surface area contributed by atoms with Crippen LogP contribution in [0.2, 0.25) is 0 Å². The van der Waals surface area contributed by atoms with Crippen LogP contribution in [0.1, 0.15) is 30.1 Å². The first kappa shape index (κ1) is 20.1. The van der Waals surface area contributed by atoms with Crippen LogP contribution in [0.5, 0.6) is 5.75 Å². The number of amides is 1. The van der Waals surface area contributed by atoms with Gasteiger partial charge in [-0.25, -0.2) is 0 Å². The molecule has 2 aromatic carbocycles. The summed E-state index contributed by atoms with van der Waals surface area (Å²) in [5.74, 6) is 0.346. The van der Waals surface area contributed by atoms with Crippen LogP contribution in [0.3, 0.4) is 0 Å². The van der Waals surface area contributed by atoms with Crippen molar-refractivity contribution in [3.63, 3.8) is 0 Å². The topological polar surface area (TPSA) is 106 Å². The van der Waals surface area contributed by atoms with Crippen molar-refractivity contribution in [1.29, 1.82) is 0 Å². The first-order valence-electron chi connectivity index (χ1n) is 8.34. The Morgan fingerprint density at radius 2 is 1.81 bits per heavy atom. The summed E-state index contributed by atoms with van der Waals surface area (Å²) in [5, 5.41) is 13.2. The van der Waals surface area contributed by atoms with Gasteiger partial charge in [-0.15, -0.1) is 0 Å². The zero-order valence-corrected chi connectivity index (χ0v) is 15.5. The molecule has 2 rings (SSSR count). The number of nitro benzene ring substituents is 1. The first-order chi connectivity index (χ1) is 13.0. The number of anilines is 1. The van der Waals surface area contributed by atoms with Crippen molar-refractivity contribution in [2.45, 2.75) is 19.8 Å². The highest BCUT2D eigenvalue weighted by molar-refractivity contribution is 7.80. The van der Waals surface area contributed by atoms with E-state index in [-0.39, 0.29) is 16.7 Å². The smallest absolute Gasteiger partial charge is 0.269 e. The zero-order valence-electron chi connectivity index (χ0n) is 14.7. The predicted molar refractivity (Wildman–Crippen MR) is 107 cm³/mol. The van der Waals surface area contributed by atoms with E-state index in [1.54, 1.807) is 24.3 Å². The second kappa shape index (κ2) is 10.1. The van der Waals surface area contributed by atoms with Crippen molar-refractivity contribution in [2.75, 3.05) is 12.0 Å². The number of nitro groups is 1. The lowest BCUT2D eigenvalue weighted by Gasteiger charge is -2.12. The lowest BCUT2D eigenvalue weighted by Crippen LogP contribution is -2.41. The van der Waals surface area contributed by atoms with Crippen LogP contribution in [0.15, 0.2) is 48.5 Å². The van der Waals surface area contributed by atoms with E-state index in [0.29, 0.717) is 23.6 Å². The molecule has 0 aliphatic heterocycles. The van der Waals surface area contributed by atoms with Gasteiger partial charge >= 0.3 is 0 Å². The Kier molecular flexibility index (Phi) is 7.50. The maximum atomic E-state index is 12.2. The molecule has 0 heterocycles. The number of carbonyl (C=O) groups is 1. The number of non-ortho nitro benzene ring substituents is 1. The third kappa shape index (κ3) is 6.55. The van der Waals surface area contributed by atoms with Crippen molar-refractivity contribution in [3.8, 4) is 5.75 Å². The second-order valence-electron chi connectivity index (χ2n) is 5.56. The number of unbranched alkanes of at least 4 members (excludes halogenated alkanes) is 1. The molecule has 3 N–H and O–H groups in total. The number of ether oxygens (including phenoxy) is 1. The SMILES string of the molecule is CCCCOc1ccc(C(=O)NC(=S)NNc2ccc([N+](=O)[O-])cc2)cc1. The van der Waals surface area contributed by atoms with Crippen LogP contribution >= 0.6 is 12.2 Å². The van der Waals surface area contributed by atoms with Gasteiger partial charge in [0.05, 0.1) is 17.2 Å². The van der Waals surface area contributed by atoms with E-state index in [2.05, 4.69) is 23.1 Å². The summed E-state index contributed by atoms with van der Waals surface area (Å²) in [6, 6.07) is 12.5. The van der Waals surface area contributed by atoms with Gasteiger partial charge in [0.15, 0.2) is 5.11 Å². The summed E-state index contributed by atoms with van der Waals surface area (Å²) in [7, 11) is 0. The van der Waals surface area contributed by atoms with E-state index >= 15 is 0 Å². The van der Waals surface area contributed by atoms with Gasteiger partial charge in [-0.2, -0.15) is 0 Å². The van der Waals surface area contributed by atoms with Crippen LogP contribution in [-0.2, 0) is 0 Å². The number of nitrogens with one attached hydrogen (secondary N) is 3. The number of carbonyl (C=O) groups excluding carboxylic acids is 1. The van der Waals surface area contributed by atoms with E-state index in [4.69, 9.17) is 17.0 Å². The number of hydrogen-bond donors (Lipinski definition) is 3. The largest absolute Gasteiger partial charge is 0.494 e. The minimum Gasteiger partial charge on any atom is -0.494 e. The Hall–Kier alpha value is -3.20. The molecular formula is C18H20N4O4S. The van der Waals surface area contributed by atoms with Crippen LogP contribution in [-0.4, -0.2) is 22.5 Å². The van der Waals surface area contributed by atoms with E-state index in [9.17, 15) is 14.9 Å². The Bertz CT molecular complexity index is 794. The highest BCUT2D eigenvalue weighted by Gasteiger charge is 2.08. The quantitative estimate of drug-likeness (QED) is 0.275. The highest BCUT2D eigenvalue weighted by Crippen LogP contribution is 2.15.